The zero-order chi connectivity index (χ0) is 15.7. The number of rotatable bonds is 6. The summed E-state index contributed by atoms with van der Waals surface area (Å²) >= 11 is 1.62. The van der Waals surface area contributed by atoms with Gasteiger partial charge in [-0.3, -0.25) is 10.9 Å². The van der Waals surface area contributed by atoms with Crippen LogP contribution in [0.3, 0.4) is 0 Å². The van der Waals surface area contributed by atoms with Gasteiger partial charge in [0, 0.05) is 0 Å². The minimum atomic E-state index is 0.771. The lowest BCUT2D eigenvalue weighted by atomic mass is 10.3. The van der Waals surface area contributed by atoms with Crippen molar-refractivity contribution < 1.29 is 0 Å². The molecule has 0 fully saturated rings. The largest absolute Gasteiger partial charge is 0.278 e. The molecule has 1 aromatic heterocycles. The number of thiophene rings is 1. The molecule has 3 aromatic rings. The van der Waals surface area contributed by atoms with Crippen LogP contribution in [0.2, 0.25) is 0 Å². The summed E-state index contributed by atoms with van der Waals surface area (Å²) in [5, 5.41) is 10.7. The highest BCUT2D eigenvalue weighted by Crippen LogP contribution is 2.11. The molecule has 0 amide bonds. The van der Waals surface area contributed by atoms with Gasteiger partial charge in [-0.1, -0.05) is 42.5 Å². The molecule has 0 bridgehead atoms. The molecule has 1 heterocycles. The quantitative estimate of drug-likeness (QED) is 0.512. The number of hydrazone groups is 2. The van der Waals surface area contributed by atoms with E-state index in [1.165, 1.54) is 0 Å². The highest BCUT2D eigenvalue weighted by molar-refractivity contribution is 7.12. The van der Waals surface area contributed by atoms with Crippen LogP contribution < -0.4 is 10.9 Å². The fraction of sp³-hybridized carbons (Fsp3) is 0. The third kappa shape index (κ3) is 4.52. The van der Waals surface area contributed by atoms with E-state index in [1.54, 1.807) is 17.6 Å². The van der Waals surface area contributed by atoms with Crippen molar-refractivity contribution in [2.45, 2.75) is 0 Å². The Morgan fingerprint density at radius 2 is 1.43 bits per heavy atom. The second-order valence-corrected chi connectivity index (χ2v) is 5.64. The summed E-state index contributed by atoms with van der Waals surface area (Å²) < 4.78 is 0. The minimum Gasteiger partial charge on any atom is -0.278 e. The van der Waals surface area contributed by atoms with Crippen LogP contribution in [-0.4, -0.2) is 11.9 Å². The molecule has 4 nitrogen and oxygen atoms in total. The Kier molecular flexibility index (Phi) is 5.16. The predicted octanol–water partition coefficient (Wildman–Crippen LogP) is 4.66. The van der Waals surface area contributed by atoms with Gasteiger partial charge in [-0.25, -0.2) is 0 Å². The van der Waals surface area contributed by atoms with Gasteiger partial charge in [0.15, 0.2) is 0 Å². The molecule has 2 aromatic carbocycles. The Bertz CT molecular complexity index is 765. The summed E-state index contributed by atoms with van der Waals surface area (Å²) in [4.78, 5) is 1.05. The summed E-state index contributed by atoms with van der Waals surface area (Å²) in [5.74, 6) is 0. The summed E-state index contributed by atoms with van der Waals surface area (Å²) in [6.45, 7) is 0. The number of hydrogen-bond acceptors (Lipinski definition) is 5. The third-order valence-corrected chi connectivity index (χ3v) is 3.90. The lowest BCUT2D eigenvalue weighted by Gasteiger charge is -2.03. The summed E-state index contributed by atoms with van der Waals surface area (Å²) in [6, 6.07) is 23.7. The fourth-order valence-electron chi connectivity index (χ4n) is 1.89. The number of nitrogens with zero attached hydrogens (tertiary/aromatic N) is 2. The van der Waals surface area contributed by atoms with Crippen molar-refractivity contribution in [3.8, 4) is 0 Å². The normalized spacial score (nSPS) is 11.6. The number of nitrogens with one attached hydrogen (secondary N) is 2. The van der Waals surface area contributed by atoms with Crippen LogP contribution in [0.4, 0.5) is 11.4 Å². The van der Waals surface area contributed by atoms with Gasteiger partial charge in [0.1, 0.15) is 5.71 Å². The summed E-state index contributed by atoms with van der Waals surface area (Å²) in [5.41, 5.74) is 8.70. The Morgan fingerprint density at radius 3 is 2.04 bits per heavy atom. The first-order valence-electron chi connectivity index (χ1n) is 7.18. The number of hydrogen-bond donors (Lipinski definition) is 2. The molecule has 0 saturated carbocycles. The summed E-state index contributed by atoms with van der Waals surface area (Å²) in [6.07, 6.45) is 1.72. The molecule has 114 valence electrons. The van der Waals surface area contributed by atoms with Crippen molar-refractivity contribution in [3.05, 3.63) is 83.1 Å². The minimum absolute atomic E-state index is 0.771. The first-order chi connectivity index (χ1) is 11.4. The van der Waals surface area contributed by atoms with Crippen molar-refractivity contribution in [2.24, 2.45) is 10.2 Å². The van der Waals surface area contributed by atoms with E-state index in [4.69, 9.17) is 0 Å². The second kappa shape index (κ2) is 7.91. The average molecular weight is 320 g/mol. The van der Waals surface area contributed by atoms with E-state index in [1.807, 2.05) is 78.2 Å². The Morgan fingerprint density at radius 1 is 0.783 bits per heavy atom. The molecular formula is C18H16N4S. The van der Waals surface area contributed by atoms with E-state index in [2.05, 4.69) is 21.1 Å². The molecule has 2 N–H and O–H groups in total. The second-order valence-electron chi connectivity index (χ2n) is 4.69. The molecule has 0 aliphatic rings. The highest BCUT2D eigenvalue weighted by Gasteiger charge is 2.02. The van der Waals surface area contributed by atoms with Gasteiger partial charge in [0.2, 0.25) is 0 Å². The first-order valence-corrected chi connectivity index (χ1v) is 8.06. The zero-order valence-corrected chi connectivity index (χ0v) is 13.2. The van der Waals surface area contributed by atoms with Gasteiger partial charge in [-0.2, -0.15) is 10.2 Å². The standard InChI is InChI=1S/C18H16N4S/c1-3-8-15(9-4-1)20-19-14-17(18-12-7-13-23-18)22-21-16-10-5-2-6-11-16/h1-14,20-21H/b19-14+,22-17-. The molecule has 23 heavy (non-hydrogen) atoms. The molecule has 0 unspecified atom stereocenters. The van der Waals surface area contributed by atoms with Crippen LogP contribution in [0.15, 0.2) is 88.4 Å². The molecule has 0 spiro atoms. The Labute approximate surface area is 139 Å². The van der Waals surface area contributed by atoms with Crippen molar-refractivity contribution in [1.29, 1.82) is 0 Å². The monoisotopic (exact) mass is 320 g/mol. The third-order valence-electron chi connectivity index (χ3n) is 3.01. The average Bonchev–Trinajstić information content (AvgIpc) is 3.14. The maximum absolute atomic E-state index is 4.46. The Hall–Kier alpha value is -2.92. The van der Waals surface area contributed by atoms with Crippen LogP contribution in [0.5, 0.6) is 0 Å². The molecule has 0 aliphatic heterocycles. The van der Waals surface area contributed by atoms with Gasteiger partial charge in [-0.05, 0) is 35.7 Å². The van der Waals surface area contributed by atoms with E-state index in [-0.39, 0.29) is 0 Å². The van der Waals surface area contributed by atoms with Gasteiger partial charge in [0.05, 0.1) is 22.5 Å². The van der Waals surface area contributed by atoms with Gasteiger partial charge >= 0.3 is 0 Å². The fourth-order valence-corrected chi connectivity index (χ4v) is 2.57. The topological polar surface area (TPSA) is 48.8 Å². The predicted molar refractivity (Wildman–Crippen MR) is 99.5 cm³/mol. The van der Waals surface area contributed by atoms with Crippen LogP contribution in [-0.2, 0) is 0 Å². The number of anilines is 2. The van der Waals surface area contributed by atoms with E-state index < -0.39 is 0 Å². The van der Waals surface area contributed by atoms with Gasteiger partial charge in [0.25, 0.3) is 0 Å². The van der Waals surface area contributed by atoms with Crippen molar-refractivity contribution in [3.63, 3.8) is 0 Å². The van der Waals surface area contributed by atoms with Crippen molar-refractivity contribution >= 4 is 34.6 Å². The molecular weight excluding hydrogens is 304 g/mol. The molecule has 5 heteroatoms. The lowest BCUT2D eigenvalue weighted by molar-refractivity contribution is 1.33. The van der Waals surface area contributed by atoms with Crippen LogP contribution in [0.1, 0.15) is 4.88 Å². The van der Waals surface area contributed by atoms with E-state index in [0.29, 0.717) is 0 Å². The van der Waals surface area contributed by atoms with E-state index in [9.17, 15) is 0 Å². The van der Waals surface area contributed by atoms with E-state index in [0.717, 1.165) is 22.0 Å². The first kappa shape index (κ1) is 15.0. The SMILES string of the molecule is C(=N\Nc1ccccc1)/C(=N/Nc1ccccc1)c1cccs1. The van der Waals surface area contributed by atoms with E-state index >= 15 is 0 Å². The molecule has 3 rings (SSSR count). The van der Waals surface area contributed by atoms with Crippen LogP contribution >= 0.6 is 11.3 Å². The molecule has 0 saturated heterocycles. The molecule has 0 aliphatic carbocycles. The number of para-hydroxylation sites is 2. The van der Waals surface area contributed by atoms with Gasteiger partial charge in [-0.15, -0.1) is 11.3 Å². The molecule has 0 atom stereocenters. The van der Waals surface area contributed by atoms with Crippen molar-refractivity contribution in [1.82, 2.24) is 0 Å². The molecule has 0 radical (unpaired) electrons. The zero-order valence-electron chi connectivity index (χ0n) is 12.4. The van der Waals surface area contributed by atoms with Crippen LogP contribution in [0, 0.1) is 0 Å². The highest BCUT2D eigenvalue weighted by atomic mass is 32.1. The van der Waals surface area contributed by atoms with Crippen molar-refractivity contribution in [2.75, 3.05) is 10.9 Å². The number of benzene rings is 2. The maximum Gasteiger partial charge on any atom is 0.121 e. The lowest BCUT2D eigenvalue weighted by Crippen LogP contribution is -2.05. The van der Waals surface area contributed by atoms with Gasteiger partial charge < -0.3 is 0 Å². The Balaban J connectivity index is 1.74. The van der Waals surface area contributed by atoms with Crippen LogP contribution in [0.25, 0.3) is 0 Å². The smallest absolute Gasteiger partial charge is 0.121 e. The maximum atomic E-state index is 4.46. The summed E-state index contributed by atoms with van der Waals surface area (Å²) in [7, 11) is 0.